The van der Waals surface area contributed by atoms with E-state index < -0.39 is 0 Å². The van der Waals surface area contributed by atoms with Gasteiger partial charge < -0.3 is 15.4 Å². The summed E-state index contributed by atoms with van der Waals surface area (Å²) < 4.78 is 5.64. The summed E-state index contributed by atoms with van der Waals surface area (Å²) in [4.78, 5) is 14.3. The van der Waals surface area contributed by atoms with Gasteiger partial charge in [0, 0.05) is 24.3 Å². The predicted octanol–water partition coefficient (Wildman–Crippen LogP) is 2.25. The van der Waals surface area contributed by atoms with Crippen molar-refractivity contribution in [2.45, 2.75) is 33.0 Å². The van der Waals surface area contributed by atoms with E-state index in [9.17, 15) is 4.79 Å². The highest BCUT2D eigenvalue weighted by molar-refractivity contribution is 5.96. The van der Waals surface area contributed by atoms with E-state index in [1.165, 1.54) is 0 Å². The number of morpholine rings is 1. The van der Waals surface area contributed by atoms with Crippen molar-refractivity contribution < 1.29 is 9.53 Å². The quantitative estimate of drug-likeness (QED) is 0.805. The van der Waals surface area contributed by atoms with Gasteiger partial charge in [-0.1, -0.05) is 6.07 Å². The molecule has 1 aromatic carbocycles. The Bertz CT molecular complexity index is 455. The van der Waals surface area contributed by atoms with Gasteiger partial charge in [0.25, 0.3) is 5.91 Å². The van der Waals surface area contributed by atoms with Crippen molar-refractivity contribution in [2.75, 3.05) is 18.8 Å². The van der Waals surface area contributed by atoms with Gasteiger partial charge in [0.2, 0.25) is 0 Å². The van der Waals surface area contributed by atoms with E-state index in [1.54, 1.807) is 6.07 Å². The van der Waals surface area contributed by atoms with Crippen LogP contribution in [0, 0.1) is 6.92 Å². The van der Waals surface area contributed by atoms with Crippen LogP contribution in [0.25, 0.3) is 0 Å². The standard InChI is InChI=1S/C14H20N2O2.ClH/c1-9-4-5-12(15)6-13(9)14(17)16-7-10(2)18-11(3)8-16;/h4-6,10-11H,7-8,15H2,1-3H3;1H. The molecule has 4 nitrogen and oxygen atoms in total. The highest BCUT2D eigenvalue weighted by atomic mass is 35.5. The van der Waals surface area contributed by atoms with Gasteiger partial charge in [0.05, 0.1) is 12.2 Å². The molecule has 1 aromatic rings. The predicted molar refractivity (Wildman–Crippen MR) is 78.8 cm³/mol. The molecule has 0 radical (unpaired) electrons. The van der Waals surface area contributed by atoms with Crippen LogP contribution in [0.2, 0.25) is 0 Å². The lowest BCUT2D eigenvalue weighted by atomic mass is 10.1. The van der Waals surface area contributed by atoms with Gasteiger partial charge in [-0.3, -0.25) is 4.79 Å². The maximum atomic E-state index is 12.5. The number of benzene rings is 1. The Hall–Kier alpha value is -1.26. The van der Waals surface area contributed by atoms with Gasteiger partial charge in [0.15, 0.2) is 0 Å². The molecule has 1 fully saturated rings. The van der Waals surface area contributed by atoms with Gasteiger partial charge in [-0.25, -0.2) is 0 Å². The monoisotopic (exact) mass is 284 g/mol. The summed E-state index contributed by atoms with van der Waals surface area (Å²) >= 11 is 0. The lowest BCUT2D eigenvalue weighted by molar-refractivity contribution is -0.0586. The van der Waals surface area contributed by atoms with E-state index in [4.69, 9.17) is 10.5 Å². The minimum absolute atomic E-state index is 0. The summed E-state index contributed by atoms with van der Waals surface area (Å²) in [6.45, 7) is 7.18. The lowest BCUT2D eigenvalue weighted by Gasteiger charge is -2.35. The molecule has 1 amide bonds. The maximum absolute atomic E-state index is 12.5. The average Bonchev–Trinajstić information content (AvgIpc) is 2.30. The molecule has 0 aliphatic carbocycles. The van der Waals surface area contributed by atoms with E-state index in [0.717, 1.165) is 5.56 Å². The highest BCUT2D eigenvalue weighted by Crippen LogP contribution is 2.18. The first-order valence-electron chi connectivity index (χ1n) is 6.28. The highest BCUT2D eigenvalue weighted by Gasteiger charge is 2.27. The van der Waals surface area contributed by atoms with E-state index >= 15 is 0 Å². The zero-order valence-corrected chi connectivity index (χ0v) is 12.4. The van der Waals surface area contributed by atoms with Crippen molar-refractivity contribution in [1.29, 1.82) is 0 Å². The molecule has 0 bridgehead atoms. The van der Waals surface area contributed by atoms with Crippen LogP contribution in [0.4, 0.5) is 5.69 Å². The Morgan fingerprint density at radius 3 is 2.47 bits per heavy atom. The van der Waals surface area contributed by atoms with Crippen LogP contribution >= 0.6 is 12.4 Å². The van der Waals surface area contributed by atoms with Crippen molar-refractivity contribution in [1.82, 2.24) is 4.90 Å². The first kappa shape index (κ1) is 15.8. The molecule has 19 heavy (non-hydrogen) atoms. The SMILES string of the molecule is Cc1ccc(N)cc1C(=O)N1CC(C)OC(C)C1.Cl. The largest absolute Gasteiger partial charge is 0.399 e. The van der Waals surface area contributed by atoms with Crippen LogP contribution < -0.4 is 5.73 Å². The minimum Gasteiger partial charge on any atom is -0.399 e. The second-order valence-electron chi connectivity index (χ2n) is 5.04. The summed E-state index contributed by atoms with van der Waals surface area (Å²) in [6.07, 6.45) is 0.165. The fraction of sp³-hybridized carbons (Fsp3) is 0.500. The smallest absolute Gasteiger partial charge is 0.254 e. The second kappa shape index (κ2) is 6.26. The van der Waals surface area contributed by atoms with E-state index in [0.29, 0.717) is 24.3 Å². The molecule has 0 saturated carbocycles. The fourth-order valence-electron chi connectivity index (χ4n) is 2.38. The Balaban J connectivity index is 0.00000180. The first-order chi connectivity index (χ1) is 8.47. The van der Waals surface area contributed by atoms with Gasteiger partial charge in [-0.2, -0.15) is 0 Å². The van der Waals surface area contributed by atoms with Gasteiger partial charge >= 0.3 is 0 Å². The molecule has 1 aliphatic rings. The molecule has 1 heterocycles. The molecule has 0 aromatic heterocycles. The van der Waals surface area contributed by atoms with Crippen LogP contribution in [-0.4, -0.2) is 36.1 Å². The topological polar surface area (TPSA) is 55.6 Å². The number of anilines is 1. The zero-order valence-electron chi connectivity index (χ0n) is 11.6. The Morgan fingerprint density at radius 1 is 1.32 bits per heavy atom. The Morgan fingerprint density at radius 2 is 1.89 bits per heavy atom. The number of hydrogen-bond donors (Lipinski definition) is 1. The minimum atomic E-state index is 0. The number of halogens is 1. The number of ether oxygens (including phenoxy) is 1. The van der Waals surface area contributed by atoms with E-state index in [-0.39, 0.29) is 30.5 Å². The number of nitrogens with two attached hydrogens (primary N) is 1. The second-order valence-corrected chi connectivity index (χ2v) is 5.04. The molecule has 2 rings (SSSR count). The van der Waals surface area contributed by atoms with E-state index in [2.05, 4.69) is 0 Å². The van der Waals surface area contributed by atoms with Gasteiger partial charge in [0.1, 0.15) is 0 Å². The fourth-order valence-corrected chi connectivity index (χ4v) is 2.38. The molecule has 1 saturated heterocycles. The van der Waals surface area contributed by atoms with E-state index in [1.807, 2.05) is 37.8 Å². The number of carbonyl (C=O) groups is 1. The third kappa shape index (κ3) is 3.61. The number of amides is 1. The van der Waals surface area contributed by atoms with Crippen molar-refractivity contribution >= 4 is 24.0 Å². The normalized spacial score (nSPS) is 22.8. The third-order valence-corrected chi connectivity index (χ3v) is 3.20. The van der Waals surface area contributed by atoms with Crippen LogP contribution in [0.5, 0.6) is 0 Å². The number of nitrogen functional groups attached to an aromatic ring is 1. The Kier molecular flexibility index (Phi) is 5.20. The van der Waals surface area contributed by atoms with Crippen molar-refractivity contribution in [3.63, 3.8) is 0 Å². The summed E-state index contributed by atoms with van der Waals surface area (Å²) in [5, 5.41) is 0. The maximum Gasteiger partial charge on any atom is 0.254 e. The number of aryl methyl sites for hydroxylation is 1. The molecule has 2 N–H and O–H groups in total. The molecular weight excluding hydrogens is 264 g/mol. The van der Waals surface area contributed by atoms with Crippen LogP contribution in [0.3, 0.4) is 0 Å². The summed E-state index contributed by atoms with van der Waals surface area (Å²) in [6, 6.07) is 5.45. The Labute approximate surface area is 120 Å². The molecule has 106 valence electrons. The van der Waals surface area contributed by atoms with Gasteiger partial charge in [-0.15, -0.1) is 12.4 Å². The van der Waals surface area contributed by atoms with Crippen LogP contribution in [0.15, 0.2) is 18.2 Å². The van der Waals surface area contributed by atoms with Crippen molar-refractivity contribution in [2.24, 2.45) is 0 Å². The number of nitrogens with zero attached hydrogens (tertiary/aromatic N) is 1. The van der Waals surface area contributed by atoms with Crippen molar-refractivity contribution in [3.8, 4) is 0 Å². The third-order valence-electron chi connectivity index (χ3n) is 3.20. The van der Waals surface area contributed by atoms with Crippen molar-refractivity contribution in [3.05, 3.63) is 29.3 Å². The lowest BCUT2D eigenvalue weighted by Crippen LogP contribution is -2.48. The molecule has 2 atom stereocenters. The molecule has 1 aliphatic heterocycles. The summed E-state index contributed by atoms with van der Waals surface area (Å²) in [5.74, 6) is 0.0433. The number of carbonyl (C=O) groups excluding carboxylic acids is 1. The van der Waals surface area contributed by atoms with Gasteiger partial charge in [-0.05, 0) is 38.5 Å². The molecular formula is C14H21ClN2O2. The average molecular weight is 285 g/mol. The first-order valence-corrected chi connectivity index (χ1v) is 6.28. The summed E-state index contributed by atoms with van der Waals surface area (Å²) in [5.41, 5.74) is 8.03. The zero-order chi connectivity index (χ0) is 13.3. The molecule has 0 spiro atoms. The van der Waals surface area contributed by atoms with Crippen LogP contribution in [-0.2, 0) is 4.74 Å². The number of hydrogen-bond acceptors (Lipinski definition) is 3. The van der Waals surface area contributed by atoms with Crippen LogP contribution in [0.1, 0.15) is 29.8 Å². The number of rotatable bonds is 1. The summed E-state index contributed by atoms with van der Waals surface area (Å²) in [7, 11) is 0. The molecule has 2 unspecified atom stereocenters. The molecule has 5 heteroatoms.